The molecule has 2 N–H and O–H groups in total. The zero-order chi connectivity index (χ0) is 18.1. The first-order chi connectivity index (χ1) is 12.6. The molecular weight excluding hydrogens is 322 g/mol. The minimum absolute atomic E-state index is 0.741. The molecule has 0 unspecified atom stereocenters. The molecule has 1 aromatic carbocycles. The molecule has 26 heavy (non-hydrogen) atoms. The van der Waals surface area contributed by atoms with Gasteiger partial charge in [-0.3, -0.25) is 14.6 Å². The first kappa shape index (κ1) is 16.0. The van der Waals surface area contributed by atoms with Gasteiger partial charge in [0.15, 0.2) is 0 Å². The summed E-state index contributed by atoms with van der Waals surface area (Å²) in [5.41, 5.74) is 13.2. The van der Waals surface area contributed by atoms with Crippen LogP contribution in [0, 0.1) is 6.92 Å². The van der Waals surface area contributed by atoms with Gasteiger partial charge in [0.2, 0.25) is 0 Å². The Morgan fingerprint density at radius 1 is 0.923 bits per heavy atom. The van der Waals surface area contributed by atoms with Crippen LogP contribution >= 0.6 is 0 Å². The van der Waals surface area contributed by atoms with Crippen molar-refractivity contribution >= 4 is 5.69 Å². The summed E-state index contributed by atoms with van der Waals surface area (Å²) >= 11 is 0. The molecule has 0 radical (unpaired) electrons. The number of nitrogens with zero attached hydrogens (tertiary/aromatic N) is 4. The number of nitrogens with two attached hydrogens (primary N) is 1. The zero-order valence-corrected chi connectivity index (χ0v) is 14.7. The second-order valence-corrected chi connectivity index (χ2v) is 6.28. The van der Waals surface area contributed by atoms with E-state index in [1.165, 1.54) is 0 Å². The molecule has 0 bridgehead atoms. The Hall–Kier alpha value is -3.47. The quantitative estimate of drug-likeness (QED) is 0.570. The first-order valence-corrected chi connectivity index (χ1v) is 8.40. The second kappa shape index (κ2) is 6.44. The molecule has 0 aliphatic carbocycles. The fraction of sp³-hybridized carbons (Fsp3) is 0.0952. The lowest BCUT2D eigenvalue weighted by Gasteiger charge is -2.06. The van der Waals surface area contributed by atoms with Crippen molar-refractivity contribution in [2.45, 2.75) is 6.92 Å². The van der Waals surface area contributed by atoms with Crippen molar-refractivity contribution in [3.8, 4) is 33.8 Å². The first-order valence-electron chi connectivity index (χ1n) is 8.40. The number of nitrogen functional groups attached to an aromatic ring is 1. The molecule has 0 aliphatic rings. The van der Waals surface area contributed by atoms with Gasteiger partial charge in [-0.25, -0.2) is 0 Å². The van der Waals surface area contributed by atoms with Crippen molar-refractivity contribution in [2.75, 3.05) is 5.73 Å². The fourth-order valence-electron chi connectivity index (χ4n) is 2.97. The maximum atomic E-state index is 5.79. The molecule has 0 fully saturated rings. The Morgan fingerprint density at radius 2 is 1.73 bits per heavy atom. The van der Waals surface area contributed by atoms with E-state index in [1.54, 1.807) is 0 Å². The Morgan fingerprint density at radius 3 is 2.50 bits per heavy atom. The second-order valence-electron chi connectivity index (χ2n) is 6.28. The average molecular weight is 341 g/mol. The number of anilines is 1. The molecule has 3 aromatic heterocycles. The summed E-state index contributed by atoms with van der Waals surface area (Å²) in [6, 6.07) is 17.8. The largest absolute Gasteiger partial charge is 0.399 e. The van der Waals surface area contributed by atoms with Gasteiger partial charge in [-0.1, -0.05) is 18.2 Å². The van der Waals surface area contributed by atoms with Crippen LogP contribution in [0.1, 0.15) is 5.69 Å². The zero-order valence-electron chi connectivity index (χ0n) is 14.7. The summed E-state index contributed by atoms with van der Waals surface area (Å²) in [6.45, 7) is 1.98. The predicted molar refractivity (Wildman–Crippen MR) is 104 cm³/mol. The van der Waals surface area contributed by atoms with Gasteiger partial charge in [-0.05, 0) is 48.9 Å². The monoisotopic (exact) mass is 341 g/mol. The lowest BCUT2D eigenvalue weighted by atomic mass is 10.0. The lowest BCUT2D eigenvalue weighted by molar-refractivity contribution is 0.770. The van der Waals surface area contributed by atoms with Crippen molar-refractivity contribution in [2.24, 2.45) is 7.05 Å². The van der Waals surface area contributed by atoms with Crippen LogP contribution in [-0.2, 0) is 7.05 Å². The van der Waals surface area contributed by atoms with Crippen LogP contribution in [0.2, 0.25) is 0 Å². The van der Waals surface area contributed by atoms with Gasteiger partial charge in [0.25, 0.3) is 0 Å². The molecule has 5 heteroatoms. The highest BCUT2D eigenvalue weighted by molar-refractivity contribution is 5.80. The van der Waals surface area contributed by atoms with Crippen molar-refractivity contribution in [1.82, 2.24) is 19.7 Å². The van der Waals surface area contributed by atoms with Gasteiger partial charge < -0.3 is 5.73 Å². The van der Waals surface area contributed by atoms with Gasteiger partial charge in [0.05, 0.1) is 11.4 Å². The van der Waals surface area contributed by atoms with Crippen LogP contribution < -0.4 is 5.73 Å². The molecule has 128 valence electrons. The van der Waals surface area contributed by atoms with Gasteiger partial charge in [0, 0.05) is 41.9 Å². The van der Waals surface area contributed by atoms with E-state index in [0.717, 1.165) is 45.2 Å². The minimum atomic E-state index is 0.741. The van der Waals surface area contributed by atoms with Crippen LogP contribution in [0.25, 0.3) is 33.8 Å². The average Bonchev–Trinajstić information content (AvgIpc) is 3.04. The van der Waals surface area contributed by atoms with E-state index < -0.39 is 0 Å². The number of hydrogen-bond donors (Lipinski definition) is 1. The molecular formula is C21H19N5. The van der Waals surface area contributed by atoms with Gasteiger partial charge in [-0.2, -0.15) is 5.10 Å². The van der Waals surface area contributed by atoms with Gasteiger partial charge in [-0.15, -0.1) is 0 Å². The molecule has 4 aromatic rings. The summed E-state index contributed by atoms with van der Waals surface area (Å²) < 4.78 is 1.82. The fourth-order valence-corrected chi connectivity index (χ4v) is 2.97. The van der Waals surface area contributed by atoms with Crippen LogP contribution in [0.4, 0.5) is 5.69 Å². The van der Waals surface area contributed by atoms with Gasteiger partial charge >= 0.3 is 0 Å². The highest BCUT2D eigenvalue weighted by Crippen LogP contribution is 2.31. The third kappa shape index (κ3) is 3.07. The van der Waals surface area contributed by atoms with E-state index >= 15 is 0 Å². The number of benzene rings is 1. The van der Waals surface area contributed by atoms with Crippen LogP contribution in [0.15, 0.2) is 67.0 Å². The molecule has 4 rings (SSSR count). The molecule has 0 spiro atoms. The summed E-state index contributed by atoms with van der Waals surface area (Å²) in [5, 5.41) is 4.63. The van der Waals surface area contributed by atoms with E-state index in [9.17, 15) is 0 Å². The van der Waals surface area contributed by atoms with Crippen molar-refractivity contribution in [3.63, 3.8) is 0 Å². The molecule has 0 aliphatic heterocycles. The van der Waals surface area contributed by atoms with Crippen molar-refractivity contribution < 1.29 is 0 Å². The smallest absolute Gasteiger partial charge is 0.118 e. The maximum Gasteiger partial charge on any atom is 0.118 e. The molecule has 5 nitrogen and oxygen atoms in total. The lowest BCUT2D eigenvalue weighted by Crippen LogP contribution is -1.91. The third-order valence-corrected chi connectivity index (χ3v) is 4.24. The van der Waals surface area contributed by atoms with Crippen LogP contribution in [0.5, 0.6) is 0 Å². The number of aromatic nitrogens is 4. The molecule has 0 atom stereocenters. The maximum absolute atomic E-state index is 5.79. The number of rotatable bonds is 3. The highest BCUT2D eigenvalue weighted by atomic mass is 15.3. The van der Waals surface area contributed by atoms with E-state index in [0.29, 0.717) is 0 Å². The Kier molecular flexibility index (Phi) is 3.97. The normalized spacial score (nSPS) is 10.8. The predicted octanol–water partition coefficient (Wildman–Crippen LogP) is 4.10. The summed E-state index contributed by atoms with van der Waals surface area (Å²) in [6.07, 6.45) is 3.84. The summed E-state index contributed by atoms with van der Waals surface area (Å²) in [4.78, 5) is 9.13. The standard InChI is InChI=1S/C21H19N5/c1-14-4-3-5-19(24-14)21-18(13-26(2)25-21)16-10-11-23-20(12-16)15-6-8-17(22)9-7-15/h3-13H,22H2,1-2H3. The number of aryl methyl sites for hydroxylation is 2. The SMILES string of the molecule is Cc1cccc(-c2nn(C)cc2-c2ccnc(-c3ccc(N)cc3)c2)n1. The number of hydrogen-bond acceptors (Lipinski definition) is 4. The van der Waals surface area contributed by atoms with Crippen LogP contribution in [0.3, 0.4) is 0 Å². The highest BCUT2D eigenvalue weighted by Gasteiger charge is 2.14. The Bertz CT molecular complexity index is 1060. The van der Waals surface area contributed by atoms with E-state index in [-0.39, 0.29) is 0 Å². The van der Waals surface area contributed by atoms with Crippen molar-refractivity contribution in [1.29, 1.82) is 0 Å². The van der Waals surface area contributed by atoms with E-state index in [1.807, 2.05) is 79.6 Å². The summed E-state index contributed by atoms with van der Waals surface area (Å²) in [5.74, 6) is 0. The third-order valence-electron chi connectivity index (χ3n) is 4.24. The van der Waals surface area contributed by atoms with Crippen molar-refractivity contribution in [3.05, 3.63) is 72.7 Å². The van der Waals surface area contributed by atoms with E-state index in [4.69, 9.17) is 5.73 Å². The molecule has 3 heterocycles. The van der Waals surface area contributed by atoms with E-state index in [2.05, 4.69) is 21.1 Å². The number of pyridine rings is 2. The Labute approximate surface area is 152 Å². The summed E-state index contributed by atoms with van der Waals surface area (Å²) in [7, 11) is 1.92. The minimum Gasteiger partial charge on any atom is -0.399 e. The topological polar surface area (TPSA) is 69.6 Å². The Balaban J connectivity index is 1.82. The molecule has 0 amide bonds. The molecule has 0 saturated carbocycles. The van der Waals surface area contributed by atoms with Gasteiger partial charge in [0.1, 0.15) is 5.69 Å². The van der Waals surface area contributed by atoms with Crippen LogP contribution in [-0.4, -0.2) is 19.7 Å². The molecule has 0 saturated heterocycles.